The molecule has 2 aromatic heterocycles. The quantitative estimate of drug-likeness (QED) is 0.782. The Morgan fingerprint density at radius 1 is 1.22 bits per heavy atom. The maximum absolute atomic E-state index is 4.55. The number of halogens is 1. The van der Waals surface area contributed by atoms with Gasteiger partial charge in [-0.2, -0.15) is 0 Å². The van der Waals surface area contributed by atoms with Crippen LogP contribution in [0.25, 0.3) is 5.65 Å². The summed E-state index contributed by atoms with van der Waals surface area (Å²) in [5, 5.41) is 4.53. The summed E-state index contributed by atoms with van der Waals surface area (Å²) in [6.07, 6.45) is 0. The molecule has 0 atom stereocenters. The van der Waals surface area contributed by atoms with Crippen LogP contribution >= 0.6 is 15.9 Å². The number of hydrogen-bond acceptors (Lipinski definition) is 4. The molecule has 18 heavy (non-hydrogen) atoms. The lowest BCUT2D eigenvalue weighted by molar-refractivity contribution is 0.145. The maximum Gasteiger partial charge on any atom is 0.165 e. The van der Waals surface area contributed by atoms with Crippen LogP contribution in [0.2, 0.25) is 0 Å². The third kappa shape index (κ3) is 2.41. The molecule has 0 radical (unpaired) electrons. The van der Waals surface area contributed by atoms with E-state index in [0.29, 0.717) is 0 Å². The van der Waals surface area contributed by atoms with Gasteiger partial charge in [-0.3, -0.25) is 4.90 Å². The van der Waals surface area contributed by atoms with Gasteiger partial charge in [-0.05, 0) is 35.1 Å². The average molecular weight is 310 g/mol. The zero-order valence-electron chi connectivity index (χ0n) is 10.4. The molecular formula is C12H16BrN5. The van der Waals surface area contributed by atoms with E-state index in [0.717, 1.165) is 48.8 Å². The first-order valence-corrected chi connectivity index (χ1v) is 6.93. The molecule has 0 spiro atoms. The molecule has 1 aliphatic rings. The molecule has 0 unspecified atom stereocenters. The van der Waals surface area contributed by atoms with E-state index in [2.05, 4.69) is 42.9 Å². The van der Waals surface area contributed by atoms with Crippen molar-refractivity contribution in [1.29, 1.82) is 0 Å². The fourth-order valence-corrected chi connectivity index (χ4v) is 2.60. The zero-order chi connectivity index (χ0) is 12.5. The van der Waals surface area contributed by atoms with E-state index in [1.807, 2.05) is 22.7 Å². The summed E-state index contributed by atoms with van der Waals surface area (Å²) in [7, 11) is 2.16. The van der Waals surface area contributed by atoms with Gasteiger partial charge in [0.05, 0.1) is 6.54 Å². The highest BCUT2D eigenvalue weighted by molar-refractivity contribution is 9.10. The van der Waals surface area contributed by atoms with Gasteiger partial charge in [0.25, 0.3) is 0 Å². The Labute approximate surface area is 115 Å². The van der Waals surface area contributed by atoms with E-state index in [1.165, 1.54) is 0 Å². The van der Waals surface area contributed by atoms with Crippen molar-refractivity contribution in [3.05, 3.63) is 28.6 Å². The second-order valence-corrected chi connectivity index (χ2v) is 5.54. The highest BCUT2D eigenvalue weighted by Crippen LogP contribution is 2.13. The number of aromatic nitrogens is 3. The van der Waals surface area contributed by atoms with E-state index >= 15 is 0 Å². The Kier molecular flexibility index (Phi) is 3.32. The number of fused-ring (bicyclic) bond motifs is 1. The van der Waals surface area contributed by atoms with E-state index in [4.69, 9.17) is 0 Å². The fourth-order valence-electron chi connectivity index (χ4n) is 2.19. The summed E-state index contributed by atoms with van der Waals surface area (Å²) >= 11 is 3.48. The van der Waals surface area contributed by atoms with Crippen molar-refractivity contribution in [1.82, 2.24) is 24.4 Å². The van der Waals surface area contributed by atoms with Gasteiger partial charge in [-0.25, -0.2) is 9.50 Å². The maximum atomic E-state index is 4.55. The lowest BCUT2D eigenvalue weighted by atomic mass is 10.3. The average Bonchev–Trinajstić information content (AvgIpc) is 2.76. The number of hydrogen-bond donors (Lipinski definition) is 0. The van der Waals surface area contributed by atoms with Gasteiger partial charge in [0, 0.05) is 26.2 Å². The van der Waals surface area contributed by atoms with Crippen LogP contribution in [0.5, 0.6) is 0 Å². The Bertz CT molecular complexity index is 544. The van der Waals surface area contributed by atoms with Crippen LogP contribution < -0.4 is 0 Å². The minimum absolute atomic E-state index is 0.835. The molecular weight excluding hydrogens is 294 g/mol. The minimum atomic E-state index is 0.835. The second-order valence-electron chi connectivity index (χ2n) is 4.73. The molecule has 0 amide bonds. The molecule has 0 bridgehead atoms. The van der Waals surface area contributed by atoms with E-state index in [1.54, 1.807) is 0 Å². The first-order valence-electron chi connectivity index (χ1n) is 6.13. The molecule has 6 heteroatoms. The van der Waals surface area contributed by atoms with Crippen LogP contribution in [0.4, 0.5) is 0 Å². The van der Waals surface area contributed by atoms with E-state index in [-0.39, 0.29) is 0 Å². The molecule has 1 aliphatic heterocycles. The Hall–Kier alpha value is -0.980. The molecule has 0 aromatic carbocycles. The Balaban J connectivity index is 1.77. The molecule has 5 nitrogen and oxygen atoms in total. The van der Waals surface area contributed by atoms with Gasteiger partial charge in [0.2, 0.25) is 0 Å². The van der Waals surface area contributed by atoms with Crippen molar-refractivity contribution in [2.24, 2.45) is 0 Å². The zero-order valence-corrected chi connectivity index (χ0v) is 12.0. The van der Waals surface area contributed by atoms with Gasteiger partial charge in [0.15, 0.2) is 11.5 Å². The third-order valence-corrected chi connectivity index (χ3v) is 3.92. The Morgan fingerprint density at radius 3 is 2.72 bits per heavy atom. The van der Waals surface area contributed by atoms with E-state index in [9.17, 15) is 0 Å². The van der Waals surface area contributed by atoms with Gasteiger partial charge >= 0.3 is 0 Å². The molecule has 2 aromatic rings. The van der Waals surface area contributed by atoms with E-state index < -0.39 is 0 Å². The molecule has 0 N–H and O–H groups in total. The minimum Gasteiger partial charge on any atom is -0.304 e. The first-order chi connectivity index (χ1) is 8.72. The third-order valence-electron chi connectivity index (χ3n) is 3.32. The molecule has 3 heterocycles. The van der Waals surface area contributed by atoms with Crippen LogP contribution in [0.15, 0.2) is 22.8 Å². The Morgan fingerprint density at radius 2 is 2.00 bits per heavy atom. The number of pyridine rings is 1. The van der Waals surface area contributed by atoms with Crippen molar-refractivity contribution >= 4 is 21.6 Å². The van der Waals surface area contributed by atoms with Crippen LogP contribution in [0.3, 0.4) is 0 Å². The molecule has 1 saturated heterocycles. The van der Waals surface area contributed by atoms with Crippen molar-refractivity contribution in [2.75, 3.05) is 33.2 Å². The lowest BCUT2D eigenvalue weighted by Gasteiger charge is -2.31. The van der Waals surface area contributed by atoms with Gasteiger partial charge < -0.3 is 4.90 Å². The largest absolute Gasteiger partial charge is 0.304 e. The van der Waals surface area contributed by atoms with Crippen molar-refractivity contribution in [3.8, 4) is 0 Å². The summed E-state index contributed by atoms with van der Waals surface area (Å²) in [4.78, 5) is 9.31. The SMILES string of the molecule is CN1CCN(Cc2nc3cccc(Br)n3n2)CC1. The first kappa shape index (κ1) is 12.1. The normalized spacial score (nSPS) is 18.6. The van der Waals surface area contributed by atoms with Crippen LogP contribution in [-0.4, -0.2) is 57.6 Å². The standard InChI is InChI=1S/C12H16BrN5/c1-16-5-7-17(8-6-16)9-11-14-12-4-2-3-10(13)18(12)15-11/h2-4H,5-9H2,1H3. The topological polar surface area (TPSA) is 36.7 Å². The van der Waals surface area contributed by atoms with Crippen molar-refractivity contribution in [2.45, 2.75) is 6.54 Å². The number of piperazine rings is 1. The fraction of sp³-hybridized carbons (Fsp3) is 0.500. The monoisotopic (exact) mass is 309 g/mol. The number of rotatable bonds is 2. The van der Waals surface area contributed by atoms with Gasteiger partial charge in [0.1, 0.15) is 4.60 Å². The summed E-state index contributed by atoms with van der Waals surface area (Å²) in [6, 6.07) is 5.93. The molecule has 96 valence electrons. The number of likely N-dealkylation sites (N-methyl/N-ethyl adjacent to an activating group) is 1. The van der Waals surface area contributed by atoms with Crippen LogP contribution in [-0.2, 0) is 6.54 Å². The summed E-state index contributed by atoms with van der Waals surface area (Å²) < 4.78 is 2.78. The highest BCUT2D eigenvalue weighted by Gasteiger charge is 2.16. The predicted octanol–water partition coefficient (Wildman–Crippen LogP) is 1.24. The lowest BCUT2D eigenvalue weighted by Crippen LogP contribution is -2.44. The van der Waals surface area contributed by atoms with Crippen molar-refractivity contribution < 1.29 is 0 Å². The summed E-state index contributed by atoms with van der Waals surface area (Å²) in [5.41, 5.74) is 0.897. The molecule has 0 saturated carbocycles. The van der Waals surface area contributed by atoms with Crippen LogP contribution in [0, 0.1) is 0 Å². The molecule has 3 rings (SSSR count). The molecule has 1 fully saturated rings. The summed E-state index contributed by atoms with van der Waals surface area (Å²) in [5.74, 6) is 0.895. The van der Waals surface area contributed by atoms with Crippen molar-refractivity contribution in [3.63, 3.8) is 0 Å². The highest BCUT2D eigenvalue weighted by atomic mass is 79.9. The number of nitrogens with zero attached hydrogens (tertiary/aromatic N) is 5. The predicted molar refractivity (Wildman–Crippen MR) is 73.5 cm³/mol. The second kappa shape index (κ2) is 4.95. The van der Waals surface area contributed by atoms with Gasteiger partial charge in [-0.1, -0.05) is 6.07 Å². The smallest absolute Gasteiger partial charge is 0.165 e. The summed E-state index contributed by atoms with van der Waals surface area (Å²) in [6.45, 7) is 5.26. The molecule has 0 aliphatic carbocycles. The van der Waals surface area contributed by atoms with Crippen LogP contribution in [0.1, 0.15) is 5.82 Å². The van der Waals surface area contributed by atoms with Gasteiger partial charge in [-0.15, -0.1) is 5.10 Å².